The molecule has 0 atom stereocenters. The summed E-state index contributed by atoms with van der Waals surface area (Å²) in [5.41, 5.74) is 3.86. The Kier molecular flexibility index (Phi) is 6.18. The van der Waals surface area contributed by atoms with Crippen molar-refractivity contribution in [3.63, 3.8) is 0 Å². The number of hydrogen-bond acceptors (Lipinski definition) is 3. The molecule has 4 nitrogen and oxygen atoms in total. The van der Waals surface area contributed by atoms with Gasteiger partial charge in [-0.05, 0) is 43.2 Å². The molecule has 0 unspecified atom stereocenters. The molecule has 1 heterocycles. The summed E-state index contributed by atoms with van der Waals surface area (Å²) in [5.74, 6) is 0.651. The van der Waals surface area contributed by atoms with Gasteiger partial charge in [0.1, 0.15) is 5.75 Å². The van der Waals surface area contributed by atoms with E-state index in [1.54, 1.807) is 31.6 Å². The van der Waals surface area contributed by atoms with E-state index in [1.165, 1.54) is 11.1 Å². The number of nitrogens with zero attached hydrogens (tertiary/aromatic N) is 1. The highest BCUT2D eigenvalue weighted by atomic mass is 35.5. The number of nitrogens with one attached hydrogen (secondary N) is 1. The number of carbonyl (C=O) groups is 1. The molecule has 0 fully saturated rings. The molecule has 1 N–H and O–H groups in total. The summed E-state index contributed by atoms with van der Waals surface area (Å²) >= 11 is 0. The first-order valence-electron chi connectivity index (χ1n) is 6.44. The van der Waals surface area contributed by atoms with Crippen LogP contribution in [-0.2, 0) is 6.54 Å². The Morgan fingerprint density at radius 3 is 2.62 bits per heavy atom. The van der Waals surface area contributed by atoms with Crippen LogP contribution in [0.3, 0.4) is 0 Å². The van der Waals surface area contributed by atoms with Gasteiger partial charge in [-0.25, -0.2) is 0 Å². The molecule has 1 aromatic carbocycles. The SMILES string of the molecule is COc1cc(C)c(C)cc1CNC(=O)c1cccnc1.Cl. The van der Waals surface area contributed by atoms with E-state index in [1.807, 2.05) is 26.0 Å². The molecule has 21 heavy (non-hydrogen) atoms. The van der Waals surface area contributed by atoms with Crippen molar-refractivity contribution >= 4 is 18.3 Å². The molecule has 0 bridgehead atoms. The fourth-order valence-corrected chi connectivity index (χ4v) is 1.95. The fraction of sp³-hybridized carbons (Fsp3) is 0.250. The van der Waals surface area contributed by atoms with E-state index in [9.17, 15) is 4.79 Å². The normalized spacial score (nSPS) is 9.67. The Morgan fingerprint density at radius 1 is 1.29 bits per heavy atom. The molecule has 1 amide bonds. The van der Waals surface area contributed by atoms with Gasteiger partial charge in [0.05, 0.1) is 12.7 Å². The van der Waals surface area contributed by atoms with Crippen molar-refractivity contribution in [3.8, 4) is 5.75 Å². The third kappa shape index (κ3) is 4.20. The third-order valence-corrected chi connectivity index (χ3v) is 3.26. The largest absolute Gasteiger partial charge is 0.496 e. The number of hydrogen-bond donors (Lipinski definition) is 1. The number of amides is 1. The molecular weight excluding hydrogens is 288 g/mol. The number of pyridine rings is 1. The average Bonchev–Trinajstić information content (AvgIpc) is 2.48. The van der Waals surface area contributed by atoms with E-state index in [0.717, 1.165) is 11.3 Å². The van der Waals surface area contributed by atoms with Gasteiger partial charge >= 0.3 is 0 Å². The van der Waals surface area contributed by atoms with Crippen molar-refractivity contribution in [1.82, 2.24) is 10.3 Å². The van der Waals surface area contributed by atoms with Gasteiger partial charge in [-0.15, -0.1) is 12.4 Å². The van der Waals surface area contributed by atoms with Gasteiger partial charge in [0, 0.05) is 24.5 Å². The van der Waals surface area contributed by atoms with Gasteiger partial charge in [-0.1, -0.05) is 6.07 Å². The highest BCUT2D eigenvalue weighted by Crippen LogP contribution is 2.22. The second-order valence-electron chi connectivity index (χ2n) is 4.67. The lowest BCUT2D eigenvalue weighted by atomic mass is 10.0. The van der Waals surface area contributed by atoms with Gasteiger partial charge < -0.3 is 10.1 Å². The van der Waals surface area contributed by atoms with E-state index >= 15 is 0 Å². The first-order chi connectivity index (χ1) is 9.61. The fourth-order valence-electron chi connectivity index (χ4n) is 1.95. The van der Waals surface area contributed by atoms with Crippen LogP contribution in [0.2, 0.25) is 0 Å². The van der Waals surface area contributed by atoms with Crippen LogP contribution in [0.5, 0.6) is 5.75 Å². The molecular formula is C16H19ClN2O2. The van der Waals surface area contributed by atoms with E-state index < -0.39 is 0 Å². The summed E-state index contributed by atoms with van der Waals surface area (Å²) in [6, 6.07) is 7.50. The topological polar surface area (TPSA) is 51.2 Å². The quantitative estimate of drug-likeness (QED) is 0.944. The summed E-state index contributed by atoms with van der Waals surface area (Å²) in [6.07, 6.45) is 3.19. The summed E-state index contributed by atoms with van der Waals surface area (Å²) < 4.78 is 5.36. The van der Waals surface area contributed by atoms with E-state index in [4.69, 9.17) is 4.74 Å². The van der Waals surface area contributed by atoms with Crippen LogP contribution in [0.15, 0.2) is 36.7 Å². The van der Waals surface area contributed by atoms with Gasteiger partial charge in [0.2, 0.25) is 0 Å². The molecule has 0 aliphatic heterocycles. The van der Waals surface area contributed by atoms with Crippen molar-refractivity contribution in [2.24, 2.45) is 0 Å². The van der Waals surface area contributed by atoms with E-state index in [-0.39, 0.29) is 18.3 Å². The summed E-state index contributed by atoms with van der Waals surface area (Å²) in [6.45, 7) is 4.51. The van der Waals surface area contributed by atoms with Crippen LogP contribution in [0.25, 0.3) is 0 Å². The summed E-state index contributed by atoms with van der Waals surface area (Å²) in [5, 5.41) is 2.88. The van der Waals surface area contributed by atoms with Crippen LogP contribution >= 0.6 is 12.4 Å². The molecule has 0 saturated heterocycles. The number of methoxy groups -OCH3 is 1. The molecule has 5 heteroatoms. The molecule has 0 aliphatic rings. The van der Waals surface area contributed by atoms with Gasteiger partial charge in [0.15, 0.2) is 0 Å². The predicted molar refractivity (Wildman–Crippen MR) is 85.1 cm³/mol. The number of rotatable bonds is 4. The lowest BCUT2D eigenvalue weighted by Gasteiger charge is -2.12. The zero-order chi connectivity index (χ0) is 14.5. The van der Waals surface area contributed by atoms with Crippen LogP contribution < -0.4 is 10.1 Å². The minimum Gasteiger partial charge on any atom is -0.496 e. The minimum atomic E-state index is -0.140. The third-order valence-electron chi connectivity index (χ3n) is 3.26. The highest BCUT2D eigenvalue weighted by molar-refractivity contribution is 5.93. The molecule has 2 aromatic rings. The smallest absolute Gasteiger partial charge is 0.253 e. The lowest BCUT2D eigenvalue weighted by Crippen LogP contribution is -2.23. The van der Waals surface area contributed by atoms with Crippen molar-refractivity contribution in [2.45, 2.75) is 20.4 Å². The van der Waals surface area contributed by atoms with Crippen molar-refractivity contribution in [1.29, 1.82) is 0 Å². The first kappa shape index (κ1) is 17.0. The maximum absolute atomic E-state index is 12.0. The molecule has 0 saturated carbocycles. The zero-order valence-electron chi connectivity index (χ0n) is 12.3. The first-order valence-corrected chi connectivity index (χ1v) is 6.44. The Hall–Kier alpha value is -2.07. The Labute approximate surface area is 131 Å². The van der Waals surface area contributed by atoms with E-state index in [2.05, 4.69) is 10.3 Å². The monoisotopic (exact) mass is 306 g/mol. The van der Waals surface area contributed by atoms with Crippen LogP contribution in [0, 0.1) is 13.8 Å². The number of aromatic nitrogens is 1. The molecule has 1 aromatic heterocycles. The molecule has 0 radical (unpaired) electrons. The predicted octanol–water partition coefficient (Wildman–Crippen LogP) is 3.06. The zero-order valence-corrected chi connectivity index (χ0v) is 13.2. The van der Waals surface area contributed by atoms with Crippen molar-refractivity contribution in [2.75, 3.05) is 7.11 Å². The Balaban J connectivity index is 0.00000220. The van der Waals surface area contributed by atoms with Gasteiger partial charge in [0.25, 0.3) is 5.91 Å². The number of ether oxygens (including phenoxy) is 1. The maximum Gasteiger partial charge on any atom is 0.253 e. The van der Waals surface area contributed by atoms with Crippen LogP contribution in [0.4, 0.5) is 0 Å². The Morgan fingerprint density at radius 2 is 2.00 bits per heavy atom. The Bertz CT molecular complexity index is 615. The number of carbonyl (C=O) groups excluding carboxylic acids is 1. The number of benzene rings is 1. The van der Waals surface area contributed by atoms with Gasteiger partial charge in [-0.2, -0.15) is 0 Å². The summed E-state index contributed by atoms with van der Waals surface area (Å²) in [7, 11) is 1.64. The maximum atomic E-state index is 12.0. The van der Waals surface area contributed by atoms with Crippen LogP contribution in [0.1, 0.15) is 27.0 Å². The van der Waals surface area contributed by atoms with Crippen molar-refractivity contribution in [3.05, 3.63) is 58.9 Å². The van der Waals surface area contributed by atoms with Crippen molar-refractivity contribution < 1.29 is 9.53 Å². The van der Waals surface area contributed by atoms with Gasteiger partial charge in [-0.3, -0.25) is 9.78 Å². The standard InChI is InChI=1S/C16H18N2O2.ClH/c1-11-7-14(15(20-3)8-12(11)2)10-18-16(19)13-5-4-6-17-9-13;/h4-9H,10H2,1-3H3,(H,18,19);1H. The van der Waals surface area contributed by atoms with Crippen LogP contribution in [-0.4, -0.2) is 18.0 Å². The molecule has 0 spiro atoms. The molecule has 0 aliphatic carbocycles. The number of halogens is 1. The minimum absolute atomic E-state index is 0. The lowest BCUT2D eigenvalue weighted by molar-refractivity contribution is 0.0950. The second-order valence-corrected chi connectivity index (χ2v) is 4.67. The molecule has 2 rings (SSSR count). The summed E-state index contributed by atoms with van der Waals surface area (Å²) in [4.78, 5) is 15.9. The second kappa shape index (κ2) is 7.64. The van der Waals surface area contributed by atoms with E-state index in [0.29, 0.717) is 12.1 Å². The number of aryl methyl sites for hydroxylation is 2. The molecule has 112 valence electrons. The highest BCUT2D eigenvalue weighted by Gasteiger charge is 2.09. The average molecular weight is 307 g/mol.